The first-order valence-corrected chi connectivity index (χ1v) is 14.9. The van der Waals surface area contributed by atoms with Gasteiger partial charge in [0.05, 0.1) is 34.6 Å². The van der Waals surface area contributed by atoms with Crippen LogP contribution < -0.4 is 20.7 Å². The van der Waals surface area contributed by atoms with E-state index in [0.717, 1.165) is 18.3 Å². The number of carbonyl (C=O) groups excluding carboxylic acids is 3. The number of hydrogen-bond donors (Lipinski definition) is 5. The number of amides is 3. The minimum Gasteiger partial charge on any atom is -0.483 e. The van der Waals surface area contributed by atoms with Crippen molar-refractivity contribution in [3.8, 4) is 17.0 Å². The van der Waals surface area contributed by atoms with Gasteiger partial charge >= 0.3 is 6.61 Å². The van der Waals surface area contributed by atoms with Crippen molar-refractivity contribution in [1.82, 2.24) is 25.1 Å². The Bertz CT molecular complexity index is 1670. The largest absolute Gasteiger partial charge is 0.483 e. The maximum absolute atomic E-state index is 14.6. The summed E-state index contributed by atoms with van der Waals surface area (Å²) in [6.45, 7) is -1.99. The van der Waals surface area contributed by atoms with Crippen molar-refractivity contribution in [3.05, 3.63) is 64.6 Å². The number of alkyl halides is 2. The molecule has 2 fully saturated rings. The van der Waals surface area contributed by atoms with E-state index >= 15 is 0 Å². The quantitative estimate of drug-likeness (QED) is 0.175. The van der Waals surface area contributed by atoms with E-state index in [1.807, 2.05) is 0 Å². The van der Waals surface area contributed by atoms with E-state index in [-0.39, 0.29) is 63.6 Å². The molecule has 2 atom stereocenters. The molecule has 2 aromatic carbocycles. The molecule has 0 aliphatic carbocycles. The number of nitrogens with zero attached hydrogens (tertiary/aromatic N) is 3. The fraction of sp³-hybridized carbons (Fsp3) is 0.367. The molecular formula is C30H31ClF4N6O7. The van der Waals surface area contributed by atoms with Crippen LogP contribution in [0.25, 0.3) is 11.3 Å². The molecule has 5 rings (SSSR count). The van der Waals surface area contributed by atoms with Crippen LogP contribution in [0.4, 0.5) is 23.2 Å². The average molecular weight is 699 g/mol. The van der Waals surface area contributed by atoms with Gasteiger partial charge in [-0.25, -0.2) is 9.37 Å². The minimum atomic E-state index is -3.34. The number of halogens is 5. The highest BCUT2D eigenvalue weighted by Crippen LogP contribution is 2.31. The van der Waals surface area contributed by atoms with Crippen LogP contribution in [0.3, 0.4) is 0 Å². The molecule has 2 saturated heterocycles. The number of ether oxygens (including phenoxy) is 1. The Morgan fingerprint density at radius 2 is 1.81 bits per heavy atom. The summed E-state index contributed by atoms with van der Waals surface area (Å²) in [5.74, 6) is -5.70. The van der Waals surface area contributed by atoms with Crippen molar-refractivity contribution in [3.63, 3.8) is 0 Å². The standard InChI is InChI=1S/C29H29ClF4N6O5.CH2O2/c1-39-20(17-4-5-22(45-29(33)34)24(32)23(17)31)12-36-25(39)27(43)37-15-2-3-16(18(30)10-15)28(44)40-8-6-14(7-9-40)26(42)38-19-11-35-13-21(19)41;2-1-3/h2-5,10,12,14,19,21,29,35,41H,6-9,11,13H2,1H3,(H,37,43)(H,38,42);1H,(H,2,3)/t19-,21-;/m0./s1. The molecule has 0 bridgehead atoms. The summed E-state index contributed by atoms with van der Waals surface area (Å²) in [6, 6.07) is 5.85. The van der Waals surface area contributed by atoms with E-state index in [2.05, 4.69) is 25.7 Å². The number of nitrogens with one attached hydrogen (secondary N) is 3. The van der Waals surface area contributed by atoms with Gasteiger partial charge in [-0.15, -0.1) is 0 Å². The lowest BCUT2D eigenvalue weighted by Crippen LogP contribution is -2.48. The molecule has 1 aromatic heterocycles. The number of aliphatic hydroxyl groups is 1. The van der Waals surface area contributed by atoms with Crippen molar-refractivity contribution < 1.29 is 51.7 Å². The molecular weight excluding hydrogens is 668 g/mol. The Kier molecular flexibility index (Phi) is 12.0. The van der Waals surface area contributed by atoms with Crippen LogP contribution in [0.2, 0.25) is 5.02 Å². The first-order chi connectivity index (χ1) is 22.9. The Hall–Kier alpha value is -4.74. The second kappa shape index (κ2) is 15.9. The van der Waals surface area contributed by atoms with Gasteiger partial charge in [0.2, 0.25) is 11.7 Å². The van der Waals surface area contributed by atoms with Gasteiger partial charge in [-0.05, 0) is 43.2 Å². The second-order valence-corrected chi connectivity index (χ2v) is 11.2. The molecule has 0 saturated carbocycles. The van der Waals surface area contributed by atoms with E-state index in [1.54, 1.807) is 4.90 Å². The average Bonchev–Trinajstić information content (AvgIpc) is 3.64. The lowest BCUT2D eigenvalue weighted by molar-refractivity contribution is -0.127. The van der Waals surface area contributed by atoms with E-state index in [1.165, 1.54) is 29.8 Å². The van der Waals surface area contributed by atoms with Gasteiger partial charge < -0.3 is 40.4 Å². The van der Waals surface area contributed by atoms with Crippen molar-refractivity contribution in [2.45, 2.75) is 31.6 Å². The lowest BCUT2D eigenvalue weighted by atomic mass is 9.95. The molecule has 48 heavy (non-hydrogen) atoms. The maximum Gasteiger partial charge on any atom is 0.387 e. The van der Waals surface area contributed by atoms with Crippen LogP contribution in [0.1, 0.15) is 33.8 Å². The summed E-state index contributed by atoms with van der Waals surface area (Å²) in [5.41, 5.74) is 0.0988. The molecule has 2 aliphatic heterocycles. The van der Waals surface area contributed by atoms with Gasteiger partial charge in [0, 0.05) is 50.4 Å². The Balaban J connectivity index is 0.00000167. The summed E-state index contributed by atoms with van der Waals surface area (Å²) >= 11 is 6.41. The number of rotatable bonds is 8. The number of aromatic nitrogens is 2. The Labute approximate surface area is 275 Å². The van der Waals surface area contributed by atoms with Crippen LogP contribution in [0.15, 0.2) is 36.5 Å². The monoisotopic (exact) mass is 698 g/mol. The summed E-state index contributed by atoms with van der Waals surface area (Å²) in [7, 11) is 1.38. The summed E-state index contributed by atoms with van der Waals surface area (Å²) < 4.78 is 59.0. The Morgan fingerprint density at radius 3 is 2.42 bits per heavy atom. The van der Waals surface area contributed by atoms with Crippen LogP contribution in [-0.4, -0.2) is 93.8 Å². The number of anilines is 1. The van der Waals surface area contributed by atoms with Crippen molar-refractivity contribution in [1.29, 1.82) is 0 Å². The number of carbonyl (C=O) groups is 4. The predicted molar refractivity (Wildman–Crippen MR) is 163 cm³/mol. The zero-order valence-corrected chi connectivity index (χ0v) is 26.0. The van der Waals surface area contributed by atoms with Gasteiger partial charge in [-0.3, -0.25) is 19.2 Å². The minimum absolute atomic E-state index is 0.00601. The second-order valence-electron chi connectivity index (χ2n) is 10.8. The zero-order chi connectivity index (χ0) is 35.1. The van der Waals surface area contributed by atoms with E-state index < -0.39 is 36.0 Å². The van der Waals surface area contributed by atoms with E-state index in [4.69, 9.17) is 21.5 Å². The van der Waals surface area contributed by atoms with Gasteiger partial charge in [-0.1, -0.05) is 11.6 Å². The molecule has 3 heterocycles. The molecule has 0 radical (unpaired) electrons. The number of imidazole rings is 1. The molecule has 18 heteroatoms. The van der Waals surface area contributed by atoms with Crippen molar-refractivity contribution in [2.75, 3.05) is 31.5 Å². The fourth-order valence-corrected chi connectivity index (χ4v) is 5.63. The number of benzene rings is 2. The molecule has 13 nitrogen and oxygen atoms in total. The highest BCUT2D eigenvalue weighted by molar-refractivity contribution is 6.34. The number of likely N-dealkylation sites (tertiary alicyclic amines) is 1. The third-order valence-corrected chi connectivity index (χ3v) is 8.16. The van der Waals surface area contributed by atoms with Crippen molar-refractivity contribution >= 4 is 41.5 Å². The molecule has 0 unspecified atom stereocenters. The summed E-state index contributed by atoms with van der Waals surface area (Å²) in [5, 5.41) is 25.3. The molecule has 258 valence electrons. The SMILES string of the molecule is Cn1c(-c2ccc(OC(F)F)c(F)c2F)cnc1C(=O)Nc1ccc(C(=O)N2CCC(C(=O)N[C@H]3CNC[C@@H]3O)CC2)c(Cl)c1.O=CO. The number of carboxylic acid groups (broad SMARTS) is 1. The van der Waals surface area contributed by atoms with Crippen molar-refractivity contribution in [2.24, 2.45) is 13.0 Å². The zero-order valence-electron chi connectivity index (χ0n) is 25.3. The van der Waals surface area contributed by atoms with Crippen LogP contribution in [0.5, 0.6) is 5.75 Å². The molecule has 3 aromatic rings. The summed E-state index contributed by atoms with van der Waals surface area (Å²) in [6.07, 6.45) is 1.40. The number of hydrogen-bond acceptors (Lipinski definition) is 8. The molecule has 5 N–H and O–H groups in total. The number of piperidine rings is 1. The third-order valence-electron chi connectivity index (χ3n) is 7.85. The number of aliphatic hydroxyl groups excluding tert-OH is 1. The first-order valence-electron chi connectivity index (χ1n) is 14.5. The third kappa shape index (κ3) is 8.21. The van der Waals surface area contributed by atoms with E-state index in [9.17, 15) is 37.1 Å². The van der Waals surface area contributed by atoms with Crippen LogP contribution >= 0.6 is 11.6 Å². The fourth-order valence-electron chi connectivity index (χ4n) is 5.37. The molecule has 3 amide bonds. The van der Waals surface area contributed by atoms with Crippen LogP contribution in [-0.2, 0) is 16.6 Å². The highest BCUT2D eigenvalue weighted by atomic mass is 35.5. The van der Waals surface area contributed by atoms with Crippen LogP contribution in [0, 0.1) is 17.6 Å². The normalized spacial score (nSPS) is 17.8. The first kappa shape index (κ1) is 36.1. The predicted octanol–water partition coefficient (Wildman–Crippen LogP) is 2.87. The topological polar surface area (TPSA) is 175 Å². The van der Waals surface area contributed by atoms with Gasteiger partial charge in [0.15, 0.2) is 17.4 Å². The smallest absolute Gasteiger partial charge is 0.387 e. The Morgan fingerprint density at radius 1 is 1.12 bits per heavy atom. The summed E-state index contributed by atoms with van der Waals surface area (Å²) in [4.78, 5) is 52.7. The van der Waals surface area contributed by atoms with Gasteiger partial charge in [0.1, 0.15) is 0 Å². The van der Waals surface area contributed by atoms with E-state index in [0.29, 0.717) is 39.0 Å². The highest BCUT2D eigenvalue weighted by Gasteiger charge is 2.32. The maximum atomic E-state index is 14.6. The number of β-amino-alcohol motifs (C(OH)–C–C–N with tert-alkyl or cyclic N) is 1. The molecule has 2 aliphatic rings. The lowest BCUT2D eigenvalue weighted by Gasteiger charge is -2.32. The molecule has 0 spiro atoms. The van der Waals surface area contributed by atoms with Gasteiger partial charge in [-0.2, -0.15) is 13.2 Å². The van der Waals surface area contributed by atoms with Gasteiger partial charge in [0.25, 0.3) is 18.3 Å².